The molecule has 1 aliphatic heterocycles. The molecular formula is C19H27NO7S. The molecule has 0 aromatic heterocycles. The molecule has 8 nitrogen and oxygen atoms in total. The number of hydrogen-bond donors (Lipinski definition) is 0. The van der Waals surface area contributed by atoms with Crippen molar-refractivity contribution in [1.82, 2.24) is 4.90 Å². The zero-order chi connectivity index (χ0) is 20.7. The number of ether oxygens (including phenoxy) is 3. The highest BCUT2D eigenvalue weighted by atomic mass is 32.2. The summed E-state index contributed by atoms with van der Waals surface area (Å²) >= 11 is 0. The van der Waals surface area contributed by atoms with Gasteiger partial charge in [0, 0.05) is 12.6 Å². The van der Waals surface area contributed by atoms with Crippen LogP contribution in [0.5, 0.6) is 11.5 Å². The van der Waals surface area contributed by atoms with Crippen LogP contribution >= 0.6 is 0 Å². The van der Waals surface area contributed by atoms with Crippen LogP contribution in [0.1, 0.15) is 27.2 Å². The van der Waals surface area contributed by atoms with Crippen LogP contribution in [0, 0.1) is 0 Å². The van der Waals surface area contributed by atoms with Gasteiger partial charge in [-0.25, -0.2) is 13.2 Å². The number of nitrogens with zero attached hydrogens (tertiary/aromatic N) is 1. The highest BCUT2D eigenvalue weighted by molar-refractivity contribution is 7.91. The van der Waals surface area contributed by atoms with E-state index < -0.39 is 27.8 Å². The van der Waals surface area contributed by atoms with Crippen molar-refractivity contribution >= 4 is 21.7 Å². The van der Waals surface area contributed by atoms with Crippen molar-refractivity contribution in [1.29, 1.82) is 0 Å². The first-order valence-corrected chi connectivity index (χ1v) is 11.1. The summed E-state index contributed by atoms with van der Waals surface area (Å²) in [6, 6.07) is 6.43. The number of benzene rings is 1. The van der Waals surface area contributed by atoms with E-state index in [4.69, 9.17) is 14.2 Å². The van der Waals surface area contributed by atoms with Crippen molar-refractivity contribution in [3.05, 3.63) is 24.3 Å². The molecule has 1 heterocycles. The Labute approximate surface area is 165 Å². The minimum absolute atomic E-state index is 0.0475. The van der Waals surface area contributed by atoms with Gasteiger partial charge in [-0.3, -0.25) is 4.79 Å². The van der Waals surface area contributed by atoms with E-state index in [1.807, 2.05) is 6.92 Å². The third-order valence-electron chi connectivity index (χ3n) is 4.42. The van der Waals surface area contributed by atoms with Crippen LogP contribution in [0.3, 0.4) is 0 Å². The van der Waals surface area contributed by atoms with Gasteiger partial charge in [0.15, 0.2) is 22.5 Å². The second-order valence-corrected chi connectivity index (χ2v) is 8.74. The quantitative estimate of drug-likeness (QED) is 0.565. The van der Waals surface area contributed by atoms with Crippen LogP contribution in [0.4, 0.5) is 0 Å². The van der Waals surface area contributed by atoms with Gasteiger partial charge in [-0.1, -0.05) is 0 Å². The molecule has 0 N–H and O–H groups in total. The van der Waals surface area contributed by atoms with Crippen molar-refractivity contribution in [2.24, 2.45) is 0 Å². The third kappa shape index (κ3) is 6.12. The monoisotopic (exact) mass is 413 g/mol. The molecule has 1 aliphatic rings. The lowest BCUT2D eigenvalue weighted by Gasteiger charge is -2.29. The van der Waals surface area contributed by atoms with E-state index in [0.717, 1.165) is 0 Å². The summed E-state index contributed by atoms with van der Waals surface area (Å²) in [6.07, 6.45) is -0.608. The molecule has 0 radical (unpaired) electrons. The first kappa shape index (κ1) is 22.0. The average molecular weight is 413 g/mol. The number of sulfone groups is 1. The maximum absolute atomic E-state index is 12.6. The number of carbonyl (C=O) groups excluding carboxylic acids is 2. The Morgan fingerprint density at radius 3 is 2.25 bits per heavy atom. The molecule has 1 saturated heterocycles. The number of rotatable bonds is 9. The zero-order valence-electron chi connectivity index (χ0n) is 16.4. The molecule has 2 atom stereocenters. The first-order chi connectivity index (χ1) is 13.3. The fraction of sp³-hybridized carbons (Fsp3) is 0.579. The third-order valence-corrected chi connectivity index (χ3v) is 6.17. The topological polar surface area (TPSA) is 99.2 Å². The molecule has 1 aromatic carbocycles. The van der Waals surface area contributed by atoms with Crippen LogP contribution in [0.15, 0.2) is 24.3 Å². The van der Waals surface area contributed by atoms with Gasteiger partial charge < -0.3 is 19.1 Å². The van der Waals surface area contributed by atoms with Crippen LogP contribution in [0.25, 0.3) is 0 Å². The SMILES string of the molecule is CCOc1ccc(OCC(=O)OC(C)C(=O)N(CC)C2CCS(=O)(=O)C2)cc1. The van der Waals surface area contributed by atoms with Crippen molar-refractivity contribution in [3.63, 3.8) is 0 Å². The maximum atomic E-state index is 12.6. The molecule has 0 aliphatic carbocycles. The van der Waals surface area contributed by atoms with Gasteiger partial charge in [0.2, 0.25) is 0 Å². The van der Waals surface area contributed by atoms with Gasteiger partial charge >= 0.3 is 5.97 Å². The normalized spacial score (nSPS) is 18.9. The summed E-state index contributed by atoms with van der Waals surface area (Å²) in [5.74, 6) is 0.124. The summed E-state index contributed by atoms with van der Waals surface area (Å²) in [5, 5.41) is 0. The zero-order valence-corrected chi connectivity index (χ0v) is 17.2. The lowest BCUT2D eigenvalue weighted by atomic mass is 10.2. The minimum Gasteiger partial charge on any atom is -0.494 e. The van der Waals surface area contributed by atoms with Crippen molar-refractivity contribution < 1.29 is 32.2 Å². The standard InChI is InChI=1S/C19H27NO7S/c1-4-20(15-10-11-28(23,24)13-15)19(22)14(3)27-18(21)12-26-17-8-6-16(7-9-17)25-5-2/h6-9,14-15H,4-5,10-13H2,1-3H3. The van der Waals surface area contributed by atoms with E-state index in [1.54, 1.807) is 31.2 Å². The van der Waals surface area contributed by atoms with Crippen LogP contribution in [-0.4, -0.2) is 68.6 Å². The summed E-state index contributed by atoms with van der Waals surface area (Å²) in [6.45, 7) is 5.70. The van der Waals surface area contributed by atoms with Gasteiger partial charge in [0.1, 0.15) is 11.5 Å². The number of hydrogen-bond acceptors (Lipinski definition) is 7. The predicted octanol–water partition coefficient (Wildman–Crippen LogP) is 1.43. The maximum Gasteiger partial charge on any atom is 0.344 e. The van der Waals surface area contributed by atoms with E-state index >= 15 is 0 Å². The summed E-state index contributed by atoms with van der Waals surface area (Å²) < 4.78 is 39.2. The van der Waals surface area contributed by atoms with E-state index in [-0.39, 0.29) is 24.2 Å². The van der Waals surface area contributed by atoms with Crippen molar-refractivity contribution in [2.75, 3.05) is 31.3 Å². The second-order valence-electron chi connectivity index (χ2n) is 6.51. The molecule has 2 unspecified atom stereocenters. The molecule has 2 rings (SSSR count). The van der Waals surface area contributed by atoms with Gasteiger partial charge in [-0.2, -0.15) is 0 Å². The summed E-state index contributed by atoms with van der Waals surface area (Å²) in [5.41, 5.74) is 0. The summed E-state index contributed by atoms with van der Waals surface area (Å²) in [7, 11) is -3.11. The molecular weight excluding hydrogens is 386 g/mol. The molecule has 0 bridgehead atoms. The fourth-order valence-electron chi connectivity index (χ4n) is 3.07. The van der Waals surface area contributed by atoms with Crippen molar-refractivity contribution in [2.45, 2.75) is 39.3 Å². The Morgan fingerprint density at radius 2 is 1.75 bits per heavy atom. The Bertz CT molecular complexity index is 776. The van der Waals surface area contributed by atoms with E-state index in [0.29, 0.717) is 31.1 Å². The molecule has 1 amide bonds. The Hall–Kier alpha value is -2.29. The average Bonchev–Trinajstić information content (AvgIpc) is 3.01. The van der Waals surface area contributed by atoms with E-state index in [9.17, 15) is 18.0 Å². The Kier molecular flexibility index (Phi) is 7.68. The first-order valence-electron chi connectivity index (χ1n) is 9.31. The largest absolute Gasteiger partial charge is 0.494 e. The molecule has 0 spiro atoms. The number of amides is 1. The van der Waals surface area contributed by atoms with Gasteiger partial charge in [-0.05, 0) is 51.5 Å². The molecule has 1 aromatic rings. The minimum atomic E-state index is -3.11. The highest BCUT2D eigenvalue weighted by Crippen LogP contribution is 2.20. The molecule has 28 heavy (non-hydrogen) atoms. The number of carbonyl (C=O) groups is 2. The lowest BCUT2D eigenvalue weighted by molar-refractivity contribution is -0.161. The number of esters is 1. The number of likely N-dealkylation sites (N-methyl/N-ethyl adjacent to an activating group) is 1. The van der Waals surface area contributed by atoms with E-state index in [1.165, 1.54) is 11.8 Å². The highest BCUT2D eigenvalue weighted by Gasteiger charge is 2.36. The molecule has 0 saturated carbocycles. The van der Waals surface area contributed by atoms with Crippen molar-refractivity contribution in [3.8, 4) is 11.5 Å². The van der Waals surface area contributed by atoms with Gasteiger partial charge in [0.05, 0.1) is 18.1 Å². The smallest absolute Gasteiger partial charge is 0.344 e. The van der Waals surface area contributed by atoms with Crippen LogP contribution in [0.2, 0.25) is 0 Å². The second kappa shape index (κ2) is 9.77. The fourth-order valence-corrected chi connectivity index (χ4v) is 4.80. The molecule has 156 valence electrons. The predicted molar refractivity (Wildman–Crippen MR) is 103 cm³/mol. The molecule has 9 heteroatoms. The van der Waals surface area contributed by atoms with E-state index in [2.05, 4.69) is 0 Å². The van der Waals surface area contributed by atoms with Gasteiger partial charge in [0.25, 0.3) is 5.91 Å². The van der Waals surface area contributed by atoms with Crippen LogP contribution < -0.4 is 9.47 Å². The lowest BCUT2D eigenvalue weighted by Crippen LogP contribution is -2.46. The Morgan fingerprint density at radius 1 is 1.14 bits per heavy atom. The molecule has 1 fully saturated rings. The van der Waals surface area contributed by atoms with Crippen LogP contribution in [-0.2, 0) is 24.2 Å². The summed E-state index contributed by atoms with van der Waals surface area (Å²) in [4.78, 5) is 26.0. The van der Waals surface area contributed by atoms with Gasteiger partial charge in [-0.15, -0.1) is 0 Å². The Balaban J connectivity index is 1.84.